The summed E-state index contributed by atoms with van der Waals surface area (Å²) in [5.74, 6) is 0.185. The summed E-state index contributed by atoms with van der Waals surface area (Å²) >= 11 is 6.06. The number of methoxy groups -OCH3 is 1. The highest BCUT2D eigenvalue weighted by Crippen LogP contribution is 2.30. The molecular formula is C10H15ClN2O3S. The smallest absolute Gasteiger partial charge is 0.241 e. The third-order valence-corrected chi connectivity index (χ3v) is 3.86. The molecule has 0 heterocycles. The third-order valence-electron chi connectivity index (χ3n) is 2.27. The van der Waals surface area contributed by atoms with Crippen molar-refractivity contribution in [1.82, 2.24) is 0 Å². The molecule has 0 amide bonds. The molecular weight excluding hydrogens is 264 g/mol. The van der Waals surface area contributed by atoms with Crippen LogP contribution in [0.3, 0.4) is 0 Å². The largest absolute Gasteiger partial charge is 0.495 e. The Bertz CT molecular complexity index is 502. The van der Waals surface area contributed by atoms with E-state index in [1.54, 1.807) is 13.0 Å². The summed E-state index contributed by atoms with van der Waals surface area (Å²) in [4.78, 5) is -0.0937. The van der Waals surface area contributed by atoms with Gasteiger partial charge in [0.15, 0.2) is 0 Å². The van der Waals surface area contributed by atoms with Crippen molar-refractivity contribution < 1.29 is 13.2 Å². The third kappa shape index (κ3) is 3.32. The average Bonchev–Trinajstić information content (AvgIpc) is 2.25. The van der Waals surface area contributed by atoms with Gasteiger partial charge >= 0.3 is 0 Å². The van der Waals surface area contributed by atoms with Gasteiger partial charge in [-0.3, -0.25) is 0 Å². The number of rotatable bonds is 4. The first-order valence-electron chi connectivity index (χ1n) is 4.87. The summed E-state index contributed by atoms with van der Waals surface area (Å²) < 4.78 is 27.7. The number of benzene rings is 1. The Balaban J connectivity index is 3.33. The molecule has 0 bridgehead atoms. The molecule has 5 nitrogen and oxygen atoms in total. The maximum absolute atomic E-state index is 11.4. The normalized spacial score (nSPS) is 15.4. The summed E-state index contributed by atoms with van der Waals surface area (Å²) in [6.45, 7) is 1.73. The first-order chi connectivity index (χ1) is 7.77. The number of primary sulfonamides is 1. The van der Waals surface area contributed by atoms with Crippen molar-refractivity contribution in [2.75, 3.05) is 7.11 Å². The molecule has 17 heavy (non-hydrogen) atoms. The number of alkyl halides is 1. The maximum Gasteiger partial charge on any atom is 0.241 e. The van der Waals surface area contributed by atoms with E-state index in [0.717, 1.165) is 0 Å². The Morgan fingerprint density at radius 1 is 1.41 bits per heavy atom. The van der Waals surface area contributed by atoms with Gasteiger partial charge in [0.25, 0.3) is 0 Å². The zero-order valence-electron chi connectivity index (χ0n) is 9.55. The highest BCUT2D eigenvalue weighted by Gasteiger charge is 2.19. The van der Waals surface area contributed by atoms with Crippen LogP contribution in [0.1, 0.15) is 17.9 Å². The van der Waals surface area contributed by atoms with Crippen molar-refractivity contribution in [1.29, 1.82) is 0 Å². The zero-order valence-corrected chi connectivity index (χ0v) is 11.1. The van der Waals surface area contributed by atoms with Crippen molar-refractivity contribution in [3.05, 3.63) is 23.8 Å². The molecule has 96 valence electrons. The second kappa shape index (κ2) is 5.22. The topological polar surface area (TPSA) is 95.4 Å². The maximum atomic E-state index is 11.4. The molecule has 0 saturated heterocycles. The summed E-state index contributed by atoms with van der Waals surface area (Å²) in [5.41, 5.74) is 6.24. The Kier molecular flexibility index (Phi) is 4.37. The minimum Gasteiger partial charge on any atom is -0.495 e. The lowest BCUT2D eigenvalue weighted by molar-refractivity contribution is 0.402. The molecule has 1 rings (SSSR count). The van der Waals surface area contributed by atoms with Gasteiger partial charge in [0.2, 0.25) is 10.0 Å². The van der Waals surface area contributed by atoms with E-state index in [4.69, 9.17) is 27.2 Å². The van der Waals surface area contributed by atoms with E-state index in [9.17, 15) is 8.42 Å². The van der Waals surface area contributed by atoms with Gasteiger partial charge < -0.3 is 10.5 Å². The summed E-state index contributed by atoms with van der Waals surface area (Å²) in [6.07, 6.45) is 0. The van der Waals surface area contributed by atoms with E-state index in [2.05, 4.69) is 0 Å². The van der Waals surface area contributed by atoms with Gasteiger partial charge in [-0.2, -0.15) is 0 Å². The lowest BCUT2D eigenvalue weighted by Crippen LogP contribution is -2.21. The minimum atomic E-state index is -3.85. The minimum absolute atomic E-state index is 0.0937. The Hall–Kier alpha value is -0.820. The van der Waals surface area contributed by atoms with Crippen LogP contribution in [0.2, 0.25) is 0 Å². The molecule has 4 N–H and O–H groups in total. The van der Waals surface area contributed by atoms with Crippen LogP contribution in [0, 0.1) is 0 Å². The monoisotopic (exact) mass is 278 g/mol. The molecule has 1 aromatic rings. The van der Waals surface area contributed by atoms with Crippen molar-refractivity contribution in [3.63, 3.8) is 0 Å². The lowest BCUT2D eigenvalue weighted by Gasteiger charge is -2.15. The number of halogens is 1. The zero-order chi connectivity index (χ0) is 13.2. The molecule has 0 saturated carbocycles. The van der Waals surface area contributed by atoms with E-state index in [0.29, 0.717) is 5.56 Å². The molecule has 0 fully saturated rings. The van der Waals surface area contributed by atoms with Crippen LogP contribution in [0.25, 0.3) is 0 Å². The molecule has 2 atom stereocenters. The molecule has 0 radical (unpaired) electrons. The van der Waals surface area contributed by atoms with Crippen LogP contribution in [-0.4, -0.2) is 21.6 Å². The van der Waals surface area contributed by atoms with Gasteiger partial charge in [-0.25, -0.2) is 13.6 Å². The average molecular weight is 279 g/mol. The first kappa shape index (κ1) is 14.2. The molecule has 0 aliphatic heterocycles. The first-order valence-corrected chi connectivity index (χ1v) is 6.86. The predicted octanol–water partition coefficient (Wildman–Crippen LogP) is 0.970. The second-order valence-electron chi connectivity index (χ2n) is 3.72. The van der Waals surface area contributed by atoms with Gasteiger partial charge in [-0.1, -0.05) is 6.07 Å². The Labute approximate surface area is 106 Å². The van der Waals surface area contributed by atoms with E-state index >= 15 is 0 Å². The highest BCUT2D eigenvalue weighted by molar-refractivity contribution is 7.89. The van der Waals surface area contributed by atoms with Crippen molar-refractivity contribution in [2.24, 2.45) is 10.9 Å². The van der Waals surface area contributed by atoms with Crippen molar-refractivity contribution in [2.45, 2.75) is 23.2 Å². The molecule has 1 aromatic carbocycles. The van der Waals surface area contributed by atoms with E-state index in [1.165, 1.54) is 19.2 Å². The van der Waals surface area contributed by atoms with Crippen LogP contribution in [0.5, 0.6) is 5.75 Å². The summed E-state index contributed by atoms with van der Waals surface area (Å²) in [5, 5.41) is 4.61. The van der Waals surface area contributed by atoms with Crippen LogP contribution >= 0.6 is 11.6 Å². The molecule has 0 aliphatic carbocycles. The molecule has 0 aliphatic rings. The van der Waals surface area contributed by atoms with Gasteiger partial charge in [0.05, 0.1) is 12.5 Å². The molecule has 7 heteroatoms. The van der Waals surface area contributed by atoms with Crippen molar-refractivity contribution >= 4 is 21.6 Å². The number of sulfonamides is 1. The Morgan fingerprint density at radius 2 is 2.00 bits per heavy atom. The van der Waals surface area contributed by atoms with Gasteiger partial charge in [-0.15, -0.1) is 11.6 Å². The van der Waals surface area contributed by atoms with Gasteiger partial charge in [0.1, 0.15) is 10.6 Å². The Morgan fingerprint density at radius 3 is 2.41 bits per heavy atom. The fourth-order valence-corrected chi connectivity index (χ4v) is 2.26. The van der Waals surface area contributed by atoms with E-state index in [1.807, 2.05) is 0 Å². The van der Waals surface area contributed by atoms with Crippen molar-refractivity contribution in [3.8, 4) is 5.75 Å². The molecule has 0 unspecified atom stereocenters. The van der Waals surface area contributed by atoms with Crippen LogP contribution < -0.4 is 15.6 Å². The lowest BCUT2D eigenvalue weighted by atomic mass is 10.1. The fourth-order valence-electron chi connectivity index (χ4n) is 1.39. The summed E-state index contributed by atoms with van der Waals surface area (Å²) in [7, 11) is -2.48. The summed E-state index contributed by atoms with van der Waals surface area (Å²) in [6, 6.07) is 4.25. The standard InChI is InChI=1S/C10H15ClN2O3S/c1-6(12)10(11)7-3-4-8(16-2)9(5-7)17(13,14)15/h3-6,10H,12H2,1-2H3,(H2,13,14,15)/t6-,10-/m1/s1. The predicted molar refractivity (Wildman–Crippen MR) is 66.6 cm³/mol. The van der Waals surface area contributed by atoms with E-state index in [-0.39, 0.29) is 16.7 Å². The van der Waals surface area contributed by atoms with Gasteiger partial charge in [-0.05, 0) is 24.6 Å². The number of nitrogens with two attached hydrogens (primary N) is 2. The highest BCUT2D eigenvalue weighted by atomic mass is 35.5. The number of hydrogen-bond donors (Lipinski definition) is 2. The molecule has 0 spiro atoms. The molecule has 0 aromatic heterocycles. The second-order valence-corrected chi connectivity index (χ2v) is 5.72. The van der Waals surface area contributed by atoms with Crippen LogP contribution in [0.15, 0.2) is 23.1 Å². The van der Waals surface area contributed by atoms with E-state index < -0.39 is 15.4 Å². The van der Waals surface area contributed by atoms with Gasteiger partial charge in [0, 0.05) is 6.04 Å². The fraction of sp³-hybridized carbons (Fsp3) is 0.400. The number of ether oxygens (including phenoxy) is 1. The quantitative estimate of drug-likeness (QED) is 0.802. The SMILES string of the molecule is COc1ccc([C@H](Cl)[C@@H](C)N)cc1S(N)(=O)=O. The van der Waals surface area contributed by atoms with Crippen LogP contribution in [-0.2, 0) is 10.0 Å². The van der Waals surface area contributed by atoms with Crippen LogP contribution in [0.4, 0.5) is 0 Å². The number of hydrogen-bond acceptors (Lipinski definition) is 4.